The van der Waals surface area contributed by atoms with Crippen LogP contribution in [0.15, 0.2) is 24.3 Å². The number of amides is 1. The van der Waals surface area contributed by atoms with Crippen LogP contribution in [-0.4, -0.2) is 72.8 Å². The molecule has 7 heteroatoms. The largest absolute Gasteiger partial charge is 0.463 e. The number of hydrogen-bond donors (Lipinski definition) is 0. The van der Waals surface area contributed by atoms with Crippen molar-refractivity contribution in [2.24, 2.45) is 0 Å². The molecule has 0 aliphatic carbocycles. The average Bonchev–Trinajstić information content (AvgIpc) is 2.73. The maximum absolute atomic E-state index is 12.8. The van der Waals surface area contributed by atoms with Crippen molar-refractivity contribution in [2.75, 3.05) is 44.2 Å². The smallest absolute Gasteiger partial charge is 0.410 e. The van der Waals surface area contributed by atoms with E-state index < -0.39 is 5.60 Å². The van der Waals surface area contributed by atoms with Gasteiger partial charge in [0.1, 0.15) is 12.2 Å². The first-order valence-electron chi connectivity index (χ1n) is 11.4. The number of carbonyl (C=O) groups is 2. The maximum Gasteiger partial charge on any atom is 0.410 e. The van der Waals surface area contributed by atoms with Crippen molar-refractivity contribution in [3.05, 3.63) is 29.8 Å². The minimum absolute atomic E-state index is 0.0000958. The normalized spacial score (nSPS) is 19.4. The van der Waals surface area contributed by atoms with Gasteiger partial charge in [0.05, 0.1) is 0 Å². The first-order chi connectivity index (χ1) is 14.8. The highest BCUT2D eigenvalue weighted by Gasteiger charge is 2.45. The number of piperidine rings is 1. The van der Waals surface area contributed by atoms with Crippen LogP contribution in [0.1, 0.15) is 52.5 Å². The molecule has 0 bridgehead atoms. The molecule has 0 saturated carbocycles. The summed E-state index contributed by atoms with van der Waals surface area (Å²) >= 11 is 0. The van der Waals surface area contributed by atoms with Crippen molar-refractivity contribution in [1.82, 2.24) is 9.80 Å². The van der Waals surface area contributed by atoms with Crippen molar-refractivity contribution in [3.63, 3.8) is 0 Å². The molecule has 1 aromatic rings. The van der Waals surface area contributed by atoms with E-state index in [0.29, 0.717) is 13.1 Å². The molecular formula is C24H37N3O4. The van der Waals surface area contributed by atoms with Crippen LogP contribution in [0, 0.1) is 0 Å². The Morgan fingerprint density at radius 3 is 2.55 bits per heavy atom. The summed E-state index contributed by atoms with van der Waals surface area (Å²) in [5.74, 6) is 0. The highest BCUT2D eigenvalue weighted by atomic mass is 16.6. The van der Waals surface area contributed by atoms with Gasteiger partial charge in [0.25, 0.3) is 6.47 Å². The van der Waals surface area contributed by atoms with Gasteiger partial charge in [-0.1, -0.05) is 19.1 Å². The molecule has 0 radical (unpaired) electrons. The molecule has 31 heavy (non-hydrogen) atoms. The Hall–Kier alpha value is -2.28. The third kappa shape index (κ3) is 5.91. The predicted octanol–water partition coefficient (Wildman–Crippen LogP) is 3.66. The Kier molecular flexibility index (Phi) is 7.46. The summed E-state index contributed by atoms with van der Waals surface area (Å²) in [5, 5.41) is 0. The maximum atomic E-state index is 12.8. The lowest BCUT2D eigenvalue weighted by atomic mass is 9.83. The van der Waals surface area contributed by atoms with E-state index in [1.807, 2.05) is 37.8 Å². The minimum Gasteiger partial charge on any atom is -0.463 e. The molecule has 0 N–H and O–H groups in total. The van der Waals surface area contributed by atoms with E-state index in [1.165, 1.54) is 0 Å². The molecule has 2 saturated heterocycles. The highest BCUT2D eigenvalue weighted by Crippen LogP contribution is 2.35. The summed E-state index contributed by atoms with van der Waals surface area (Å²) in [5.41, 5.74) is 1.67. The molecule has 3 rings (SSSR count). The summed E-state index contributed by atoms with van der Waals surface area (Å²) in [6, 6.07) is 8.19. The second-order valence-corrected chi connectivity index (χ2v) is 9.68. The number of ether oxygens (including phenoxy) is 2. The molecular weight excluding hydrogens is 394 g/mol. The second-order valence-electron chi connectivity index (χ2n) is 9.68. The number of rotatable bonds is 6. The molecule has 172 valence electrons. The fourth-order valence-corrected chi connectivity index (χ4v) is 4.74. The second kappa shape index (κ2) is 9.90. The quantitative estimate of drug-likeness (QED) is 0.641. The third-order valence-corrected chi connectivity index (χ3v) is 6.23. The standard InChI is InChI=1S/C24H37N3O4/c1-5-11-27-15-14-26(22(29)31-23(2,3)4)18-24(27)9-12-25(13-10-24)21-8-6-7-20(16-21)17-30-19-28/h6-8,16,19H,5,9-15,17-18H2,1-4H3. The van der Waals surface area contributed by atoms with E-state index in [1.54, 1.807) is 0 Å². The molecule has 1 spiro atoms. The molecule has 2 aliphatic rings. The van der Waals surface area contributed by atoms with Gasteiger partial charge in [-0.25, -0.2) is 4.79 Å². The molecule has 0 unspecified atom stereocenters. The van der Waals surface area contributed by atoms with Crippen LogP contribution in [0.25, 0.3) is 0 Å². The van der Waals surface area contributed by atoms with E-state index in [-0.39, 0.29) is 11.6 Å². The number of nitrogens with zero attached hydrogens (tertiary/aromatic N) is 3. The lowest BCUT2D eigenvalue weighted by Gasteiger charge is -2.54. The van der Waals surface area contributed by atoms with Gasteiger partial charge in [0.2, 0.25) is 0 Å². The van der Waals surface area contributed by atoms with Gasteiger partial charge in [0, 0.05) is 44.0 Å². The Morgan fingerprint density at radius 2 is 1.90 bits per heavy atom. The van der Waals surface area contributed by atoms with Crippen LogP contribution < -0.4 is 4.90 Å². The van der Waals surface area contributed by atoms with Gasteiger partial charge in [-0.05, 0) is 64.3 Å². The average molecular weight is 432 g/mol. The van der Waals surface area contributed by atoms with E-state index in [0.717, 1.165) is 69.8 Å². The molecule has 2 aliphatic heterocycles. The number of carbonyl (C=O) groups excluding carboxylic acids is 2. The molecule has 2 fully saturated rings. The first kappa shape index (κ1) is 23.4. The van der Waals surface area contributed by atoms with Gasteiger partial charge in [-0.15, -0.1) is 0 Å². The Labute approximate surface area is 186 Å². The van der Waals surface area contributed by atoms with Crippen molar-refractivity contribution in [2.45, 2.75) is 64.7 Å². The number of anilines is 1. The SMILES string of the molecule is CCCN1CCN(C(=O)OC(C)(C)C)CC12CCN(c1cccc(COC=O)c1)CC2. The molecule has 2 heterocycles. The number of hydrogen-bond acceptors (Lipinski definition) is 6. The van der Waals surface area contributed by atoms with Crippen molar-refractivity contribution in [3.8, 4) is 0 Å². The summed E-state index contributed by atoms with van der Waals surface area (Å²) in [6.45, 7) is 14.0. The summed E-state index contributed by atoms with van der Waals surface area (Å²) in [4.78, 5) is 30.1. The van der Waals surface area contributed by atoms with Gasteiger partial charge in [-0.2, -0.15) is 0 Å². The van der Waals surface area contributed by atoms with Crippen molar-refractivity contribution >= 4 is 18.3 Å². The van der Waals surface area contributed by atoms with Gasteiger partial charge in [-0.3, -0.25) is 9.69 Å². The van der Waals surface area contributed by atoms with Crippen LogP contribution in [-0.2, 0) is 20.9 Å². The Bertz CT molecular complexity index is 753. The summed E-state index contributed by atoms with van der Waals surface area (Å²) < 4.78 is 10.6. The van der Waals surface area contributed by atoms with E-state index in [2.05, 4.69) is 28.9 Å². The van der Waals surface area contributed by atoms with E-state index in [9.17, 15) is 9.59 Å². The monoisotopic (exact) mass is 431 g/mol. The first-order valence-corrected chi connectivity index (χ1v) is 11.4. The van der Waals surface area contributed by atoms with Crippen molar-refractivity contribution < 1.29 is 19.1 Å². The van der Waals surface area contributed by atoms with Crippen LogP contribution >= 0.6 is 0 Å². The Morgan fingerprint density at radius 1 is 1.16 bits per heavy atom. The fourth-order valence-electron chi connectivity index (χ4n) is 4.74. The number of piperazine rings is 1. The summed E-state index contributed by atoms with van der Waals surface area (Å²) in [6.07, 6.45) is 2.91. The molecule has 7 nitrogen and oxygen atoms in total. The van der Waals surface area contributed by atoms with Crippen LogP contribution in [0.5, 0.6) is 0 Å². The third-order valence-electron chi connectivity index (χ3n) is 6.23. The zero-order valence-corrected chi connectivity index (χ0v) is 19.4. The number of benzene rings is 1. The zero-order chi connectivity index (χ0) is 22.5. The fraction of sp³-hybridized carbons (Fsp3) is 0.667. The van der Waals surface area contributed by atoms with Crippen LogP contribution in [0.4, 0.5) is 10.5 Å². The Balaban J connectivity index is 1.70. The topological polar surface area (TPSA) is 62.3 Å². The van der Waals surface area contributed by atoms with Gasteiger partial charge >= 0.3 is 6.09 Å². The van der Waals surface area contributed by atoms with Crippen LogP contribution in [0.2, 0.25) is 0 Å². The van der Waals surface area contributed by atoms with E-state index >= 15 is 0 Å². The van der Waals surface area contributed by atoms with Gasteiger partial charge < -0.3 is 19.3 Å². The molecule has 0 atom stereocenters. The van der Waals surface area contributed by atoms with E-state index in [4.69, 9.17) is 9.47 Å². The lowest BCUT2D eigenvalue weighted by molar-refractivity contribution is -0.129. The lowest BCUT2D eigenvalue weighted by Crippen LogP contribution is -2.66. The van der Waals surface area contributed by atoms with Gasteiger partial charge in [0.15, 0.2) is 0 Å². The predicted molar refractivity (Wildman–Crippen MR) is 121 cm³/mol. The van der Waals surface area contributed by atoms with Crippen LogP contribution in [0.3, 0.4) is 0 Å². The molecule has 0 aromatic heterocycles. The zero-order valence-electron chi connectivity index (χ0n) is 19.4. The highest BCUT2D eigenvalue weighted by molar-refractivity contribution is 5.68. The molecule has 1 amide bonds. The minimum atomic E-state index is -0.479. The molecule has 1 aromatic carbocycles. The summed E-state index contributed by atoms with van der Waals surface area (Å²) in [7, 11) is 0. The van der Waals surface area contributed by atoms with Crippen molar-refractivity contribution in [1.29, 1.82) is 0 Å².